The van der Waals surface area contributed by atoms with Crippen molar-refractivity contribution in [2.45, 2.75) is 38.1 Å². The van der Waals surface area contributed by atoms with Gasteiger partial charge in [-0.25, -0.2) is 0 Å². The zero-order chi connectivity index (χ0) is 12.0. The van der Waals surface area contributed by atoms with Crippen molar-refractivity contribution in [1.29, 1.82) is 0 Å². The fourth-order valence-corrected chi connectivity index (χ4v) is 3.12. The molecule has 2 N–H and O–H groups in total. The third kappa shape index (κ3) is 1.51. The first kappa shape index (κ1) is 10.8. The lowest BCUT2D eigenvalue weighted by Gasteiger charge is -2.27. The van der Waals surface area contributed by atoms with Crippen molar-refractivity contribution < 1.29 is 0 Å². The van der Waals surface area contributed by atoms with Crippen molar-refractivity contribution in [2.75, 3.05) is 0 Å². The molecule has 0 radical (unpaired) electrons. The van der Waals surface area contributed by atoms with E-state index in [-0.39, 0.29) is 6.04 Å². The Morgan fingerprint density at radius 1 is 1.29 bits per heavy atom. The molecule has 1 aromatic carbocycles. The van der Waals surface area contributed by atoms with E-state index in [0.717, 1.165) is 5.92 Å². The smallest absolute Gasteiger partial charge is 0.0483 e. The zero-order valence-electron chi connectivity index (χ0n) is 10.6. The van der Waals surface area contributed by atoms with Crippen LogP contribution in [0.25, 0.3) is 10.9 Å². The van der Waals surface area contributed by atoms with Crippen molar-refractivity contribution in [3.05, 3.63) is 35.5 Å². The van der Waals surface area contributed by atoms with Crippen LogP contribution in [0.4, 0.5) is 0 Å². The molecule has 2 nitrogen and oxygen atoms in total. The van der Waals surface area contributed by atoms with Crippen LogP contribution in [0.5, 0.6) is 0 Å². The lowest BCUT2D eigenvalue weighted by Crippen LogP contribution is -2.17. The average molecular weight is 228 g/mol. The van der Waals surface area contributed by atoms with Gasteiger partial charge in [0.2, 0.25) is 0 Å². The molecule has 1 unspecified atom stereocenters. The second-order valence-electron chi connectivity index (χ2n) is 5.29. The monoisotopic (exact) mass is 228 g/mol. The number of aryl methyl sites for hydroxylation is 1. The molecule has 1 aliphatic rings. The molecule has 0 saturated heterocycles. The molecule has 90 valence electrons. The highest BCUT2D eigenvalue weighted by Gasteiger charge is 2.28. The first-order valence-electron chi connectivity index (χ1n) is 6.53. The third-order valence-corrected chi connectivity index (χ3v) is 4.14. The van der Waals surface area contributed by atoms with Crippen molar-refractivity contribution in [1.82, 2.24) is 4.57 Å². The van der Waals surface area contributed by atoms with Crippen LogP contribution in [0.1, 0.15) is 49.4 Å². The highest BCUT2D eigenvalue weighted by atomic mass is 15.0. The Morgan fingerprint density at radius 3 is 2.59 bits per heavy atom. The molecule has 17 heavy (non-hydrogen) atoms. The van der Waals surface area contributed by atoms with Crippen LogP contribution in [0.15, 0.2) is 24.3 Å². The SMILES string of the molecule is CC(N)c1c(C2CCC2)c2ccccc2n1C. The highest BCUT2D eigenvalue weighted by Crippen LogP contribution is 2.43. The molecule has 0 aliphatic heterocycles. The first-order chi connectivity index (χ1) is 8.20. The molecule has 1 fully saturated rings. The summed E-state index contributed by atoms with van der Waals surface area (Å²) >= 11 is 0. The van der Waals surface area contributed by atoms with Gasteiger partial charge in [-0.15, -0.1) is 0 Å². The molecule has 3 rings (SSSR count). The van der Waals surface area contributed by atoms with Gasteiger partial charge in [0.15, 0.2) is 0 Å². The number of nitrogens with two attached hydrogens (primary N) is 1. The Balaban J connectivity index is 2.31. The van der Waals surface area contributed by atoms with E-state index in [0.29, 0.717) is 0 Å². The van der Waals surface area contributed by atoms with E-state index in [9.17, 15) is 0 Å². The molecule has 1 aliphatic carbocycles. The topological polar surface area (TPSA) is 30.9 Å². The molecule has 1 heterocycles. The number of hydrogen-bond acceptors (Lipinski definition) is 1. The van der Waals surface area contributed by atoms with Crippen molar-refractivity contribution >= 4 is 10.9 Å². The molecular formula is C15H20N2. The summed E-state index contributed by atoms with van der Waals surface area (Å²) in [7, 11) is 2.14. The van der Waals surface area contributed by atoms with Gasteiger partial charge in [0.1, 0.15) is 0 Å². The molecule has 0 amide bonds. The Hall–Kier alpha value is -1.28. The normalized spacial score (nSPS) is 18.3. The van der Waals surface area contributed by atoms with Gasteiger partial charge in [0.05, 0.1) is 0 Å². The highest BCUT2D eigenvalue weighted by molar-refractivity contribution is 5.86. The predicted octanol–water partition coefficient (Wildman–Crippen LogP) is 3.47. The molecular weight excluding hydrogens is 208 g/mol. The van der Waals surface area contributed by atoms with E-state index in [1.807, 2.05) is 0 Å². The Morgan fingerprint density at radius 2 is 2.00 bits per heavy atom. The standard InChI is InChI=1S/C15H20N2/c1-10(16)15-14(11-6-5-7-11)12-8-3-4-9-13(12)17(15)2/h3-4,8-11H,5-7,16H2,1-2H3. The summed E-state index contributed by atoms with van der Waals surface area (Å²) in [6, 6.07) is 8.80. The van der Waals surface area contributed by atoms with Crippen LogP contribution >= 0.6 is 0 Å². The van der Waals surface area contributed by atoms with E-state index < -0.39 is 0 Å². The second kappa shape index (κ2) is 3.88. The van der Waals surface area contributed by atoms with E-state index in [1.54, 1.807) is 0 Å². The fraction of sp³-hybridized carbons (Fsp3) is 0.467. The van der Waals surface area contributed by atoms with Gasteiger partial charge in [-0.2, -0.15) is 0 Å². The average Bonchev–Trinajstić information content (AvgIpc) is 2.51. The third-order valence-electron chi connectivity index (χ3n) is 4.14. The summed E-state index contributed by atoms with van der Waals surface area (Å²) in [6.07, 6.45) is 4.02. The number of benzene rings is 1. The van der Waals surface area contributed by atoms with Crippen LogP contribution < -0.4 is 5.73 Å². The van der Waals surface area contributed by atoms with Crippen LogP contribution in [-0.2, 0) is 7.05 Å². The molecule has 0 spiro atoms. The van der Waals surface area contributed by atoms with Crippen molar-refractivity contribution in [2.24, 2.45) is 12.8 Å². The number of fused-ring (bicyclic) bond motifs is 1. The molecule has 0 bridgehead atoms. The Bertz CT molecular complexity index is 547. The van der Waals surface area contributed by atoms with Crippen LogP contribution in [0, 0.1) is 0 Å². The summed E-state index contributed by atoms with van der Waals surface area (Å²) in [5.41, 5.74) is 10.3. The zero-order valence-corrected chi connectivity index (χ0v) is 10.6. The first-order valence-corrected chi connectivity index (χ1v) is 6.53. The number of aromatic nitrogens is 1. The van der Waals surface area contributed by atoms with Gasteiger partial charge < -0.3 is 10.3 Å². The van der Waals surface area contributed by atoms with Crippen LogP contribution in [-0.4, -0.2) is 4.57 Å². The quantitative estimate of drug-likeness (QED) is 0.838. The van der Waals surface area contributed by atoms with E-state index in [4.69, 9.17) is 5.73 Å². The molecule has 1 saturated carbocycles. The summed E-state index contributed by atoms with van der Waals surface area (Å²) < 4.78 is 2.29. The lowest BCUT2D eigenvalue weighted by molar-refractivity contribution is 0.416. The maximum absolute atomic E-state index is 6.17. The van der Waals surface area contributed by atoms with Crippen molar-refractivity contribution in [3.8, 4) is 0 Å². The summed E-state index contributed by atoms with van der Waals surface area (Å²) in [5.74, 6) is 0.738. The summed E-state index contributed by atoms with van der Waals surface area (Å²) in [6.45, 7) is 2.09. The largest absolute Gasteiger partial charge is 0.346 e. The van der Waals surface area contributed by atoms with Gasteiger partial charge >= 0.3 is 0 Å². The van der Waals surface area contributed by atoms with Crippen LogP contribution in [0.2, 0.25) is 0 Å². The predicted molar refractivity (Wildman–Crippen MR) is 72.1 cm³/mol. The number of rotatable bonds is 2. The van der Waals surface area contributed by atoms with Crippen molar-refractivity contribution in [3.63, 3.8) is 0 Å². The van der Waals surface area contributed by atoms with Gasteiger partial charge in [-0.3, -0.25) is 0 Å². The number of para-hydroxylation sites is 1. The maximum atomic E-state index is 6.17. The molecule has 2 heteroatoms. The van der Waals surface area contributed by atoms with E-state index in [1.165, 1.54) is 41.4 Å². The van der Waals surface area contributed by atoms with Gasteiger partial charge in [0.25, 0.3) is 0 Å². The maximum Gasteiger partial charge on any atom is 0.0483 e. The lowest BCUT2D eigenvalue weighted by atomic mass is 9.78. The number of hydrogen-bond donors (Lipinski definition) is 1. The Kier molecular flexibility index (Phi) is 2.48. The summed E-state index contributed by atoms with van der Waals surface area (Å²) in [4.78, 5) is 0. The Labute approximate surface area is 102 Å². The second-order valence-corrected chi connectivity index (χ2v) is 5.29. The van der Waals surface area contributed by atoms with E-state index in [2.05, 4.69) is 42.8 Å². The minimum Gasteiger partial charge on any atom is -0.346 e. The van der Waals surface area contributed by atoms with E-state index >= 15 is 0 Å². The molecule has 1 atom stereocenters. The molecule has 1 aromatic heterocycles. The van der Waals surface area contributed by atoms with Gasteiger partial charge in [0, 0.05) is 29.7 Å². The minimum atomic E-state index is 0.114. The van der Waals surface area contributed by atoms with Gasteiger partial charge in [-0.05, 0) is 37.3 Å². The minimum absolute atomic E-state index is 0.114. The van der Waals surface area contributed by atoms with Crippen LogP contribution in [0.3, 0.4) is 0 Å². The molecule has 2 aromatic rings. The van der Waals surface area contributed by atoms with Gasteiger partial charge in [-0.1, -0.05) is 24.6 Å². The fourth-order valence-electron chi connectivity index (χ4n) is 3.12. The summed E-state index contributed by atoms with van der Waals surface area (Å²) in [5, 5.41) is 1.41. The number of nitrogens with zero attached hydrogens (tertiary/aromatic N) is 1.